The number of nitrogens with zero attached hydrogens (tertiary/aromatic N) is 2. The topological polar surface area (TPSA) is 74.1 Å². The van der Waals surface area contributed by atoms with Crippen molar-refractivity contribution in [2.75, 3.05) is 5.73 Å². The van der Waals surface area contributed by atoms with Crippen LogP contribution in [0.5, 0.6) is 0 Å². The van der Waals surface area contributed by atoms with Gasteiger partial charge in [-0.3, -0.25) is 4.52 Å². The van der Waals surface area contributed by atoms with E-state index in [0.717, 1.165) is 0 Å². The van der Waals surface area contributed by atoms with E-state index in [-0.39, 0.29) is 5.95 Å². The Morgan fingerprint density at radius 2 is 2.00 bits per heavy atom. The van der Waals surface area contributed by atoms with E-state index >= 15 is 0 Å². The molecule has 2 rings (SSSR count). The van der Waals surface area contributed by atoms with Crippen molar-refractivity contribution in [2.24, 2.45) is 0 Å². The largest absolute Gasteiger partial charge is 0.447 e. The van der Waals surface area contributed by atoms with Gasteiger partial charge < -0.3 is 5.73 Å². The molecule has 0 amide bonds. The minimum atomic E-state index is -0.580. The smallest absolute Gasteiger partial charge is 0.366 e. The van der Waals surface area contributed by atoms with E-state index in [1.54, 1.807) is 24.3 Å². The quantitative estimate of drug-likeness (QED) is 0.684. The first-order valence-electron chi connectivity index (χ1n) is 3.68. The lowest BCUT2D eigenvalue weighted by molar-refractivity contribution is 0.384. The van der Waals surface area contributed by atoms with Crippen LogP contribution in [0.15, 0.2) is 39.6 Å². The van der Waals surface area contributed by atoms with Crippen LogP contribution in [0.4, 0.5) is 5.95 Å². The predicted octanol–water partition coefficient (Wildman–Crippen LogP) is 0.408. The fourth-order valence-corrected chi connectivity index (χ4v) is 1.08. The van der Waals surface area contributed by atoms with E-state index in [9.17, 15) is 4.79 Å². The lowest BCUT2D eigenvalue weighted by atomic mass is 10.3. The zero-order valence-corrected chi connectivity index (χ0v) is 6.68. The first-order valence-corrected chi connectivity index (χ1v) is 3.68. The van der Waals surface area contributed by atoms with E-state index < -0.39 is 5.76 Å². The molecule has 2 N–H and O–H groups in total. The number of nitrogen functional groups attached to an aromatic ring is 1. The van der Waals surface area contributed by atoms with Crippen molar-refractivity contribution in [2.45, 2.75) is 0 Å². The second kappa shape index (κ2) is 2.78. The first-order chi connectivity index (χ1) is 6.29. The van der Waals surface area contributed by atoms with Crippen molar-refractivity contribution < 1.29 is 4.52 Å². The highest BCUT2D eigenvalue weighted by molar-refractivity contribution is 5.36. The average Bonchev–Trinajstić information content (AvgIpc) is 2.48. The Morgan fingerprint density at radius 3 is 2.54 bits per heavy atom. The fourth-order valence-electron chi connectivity index (χ4n) is 1.08. The third-order valence-electron chi connectivity index (χ3n) is 1.64. The van der Waals surface area contributed by atoms with Crippen LogP contribution in [-0.2, 0) is 0 Å². The molecule has 5 heteroatoms. The molecule has 0 aliphatic heterocycles. The van der Waals surface area contributed by atoms with Gasteiger partial charge in [0.25, 0.3) is 0 Å². The van der Waals surface area contributed by atoms with Gasteiger partial charge in [0.05, 0.1) is 5.69 Å². The third-order valence-corrected chi connectivity index (χ3v) is 1.64. The number of nitrogens with two attached hydrogens (primary N) is 1. The number of para-hydroxylation sites is 1. The van der Waals surface area contributed by atoms with E-state index in [1.807, 2.05) is 6.07 Å². The van der Waals surface area contributed by atoms with Crippen molar-refractivity contribution in [1.29, 1.82) is 0 Å². The predicted molar refractivity (Wildman–Crippen MR) is 46.5 cm³/mol. The zero-order chi connectivity index (χ0) is 9.26. The summed E-state index contributed by atoms with van der Waals surface area (Å²) in [6, 6.07) is 8.94. The average molecular weight is 177 g/mol. The summed E-state index contributed by atoms with van der Waals surface area (Å²) in [4.78, 5) is 11.1. The molecule has 2 aromatic rings. The molecule has 0 aliphatic carbocycles. The van der Waals surface area contributed by atoms with Crippen LogP contribution < -0.4 is 11.5 Å². The van der Waals surface area contributed by atoms with Crippen molar-refractivity contribution in [1.82, 2.24) is 9.72 Å². The maximum atomic E-state index is 11.1. The molecule has 0 radical (unpaired) electrons. The van der Waals surface area contributed by atoms with Crippen LogP contribution in [0.1, 0.15) is 0 Å². The highest BCUT2D eigenvalue weighted by Gasteiger charge is 2.07. The van der Waals surface area contributed by atoms with Crippen molar-refractivity contribution in [3.8, 4) is 5.69 Å². The van der Waals surface area contributed by atoms with Gasteiger partial charge in [-0.2, -0.15) is 0 Å². The van der Waals surface area contributed by atoms with Crippen molar-refractivity contribution >= 4 is 5.95 Å². The Morgan fingerprint density at radius 1 is 1.31 bits per heavy atom. The summed E-state index contributed by atoms with van der Waals surface area (Å²) >= 11 is 0. The zero-order valence-electron chi connectivity index (χ0n) is 6.68. The Kier molecular flexibility index (Phi) is 1.63. The molecule has 0 saturated carbocycles. The number of benzene rings is 1. The monoisotopic (exact) mass is 177 g/mol. The molecule has 0 saturated heterocycles. The van der Waals surface area contributed by atoms with Crippen molar-refractivity contribution in [3.05, 3.63) is 40.9 Å². The highest BCUT2D eigenvalue weighted by atomic mass is 16.5. The van der Waals surface area contributed by atoms with Gasteiger partial charge >= 0.3 is 5.76 Å². The molecule has 1 aromatic carbocycles. The molecule has 1 aromatic heterocycles. The minimum absolute atomic E-state index is 0.0520. The third kappa shape index (κ3) is 1.20. The van der Waals surface area contributed by atoms with Crippen LogP contribution >= 0.6 is 0 Å². The summed E-state index contributed by atoms with van der Waals surface area (Å²) in [5.41, 5.74) is 6.08. The SMILES string of the molecule is Nc1noc(=O)n1-c1ccccc1. The van der Waals surface area contributed by atoms with Crippen molar-refractivity contribution in [3.63, 3.8) is 0 Å². The lowest BCUT2D eigenvalue weighted by Gasteiger charge is -1.98. The van der Waals surface area contributed by atoms with Gasteiger partial charge in [-0.15, -0.1) is 0 Å². The van der Waals surface area contributed by atoms with E-state index in [1.165, 1.54) is 4.57 Å². The van der Waals surface area contributed by atoms with E-state index in [0.29, 0.717) is 5.69 Å². The van der Waals surface area contributed by atoms with Gasteiger partial charge in [-0.1, -0.05) is 18.2 Å². The number of rotatable bonds is 1. The molecular weight excluding hydrogens is 170 g/mol. The molecule has 0 atom stereocenters. The summed E-state index contributed by atoms with van der Waals surface area (Å²) in [6.45, 7) is 0. The number of aromatic nitrogens is 2. The highest BCUT2D eigenvalue weighted by Crippen LogP contribution is 2.06. The summed E-state index contributed by atoms with van der Waals surface area (Å²) in [5.74, 6) is -0.528. The molecule has 0 bridgehead atoms. The molecule has 66 valence electrons. The number of anilines is 1. The van der Waals surface area contributed by atoms with Gasteiger partial charge in [0.15, 0.2) is 0 Å². The number of hydrogen-bond donors (Lipinski definition) is 1. The Balaban J connectivity index is 2.65. The van der Waals surface area contributed by atoms with Crippen LogP contribution in [0.2, 0.25) is 0 Å². The Hall–Kier alpha value is -2.04. The molecule has 0 aliphatic rings. The van der Waals surface area contributed by atoms with Crippen LogP contribution in [-0.4, -0.2) is 9.72 Å². The van der Waals surface area contributed by atoms with Gasteiger partial charge in [0.1, 0.15) is 0 Å². The standard InChI is InChI=1S/C8H7N3O2/c9-7-10-13-8(12)11(7)6-4-2-1-3-5-6/h1-5H,(H2,9,10). The first kappa shape index (κ1) is 7.60. The number of hydrogen-bond acceptors (Lipinski definition) is 4. The van der Waals surface area contributed by atoms with Gasteiger partial charge in [-0.25, -0.2) is 9.36 Å². The molecule has 0 spiro atoms. The fraction of sp³-hybridized carbons (Fsp3) is 0. The normalized spacial score (nSPS) is 10.2. The lowest BCUT2D eigenvalue weighted by Crippen LogP contribution is -2.13. The second-order valence-corrected chi connectivity index (χ2v) is 2.48. The minimum Gasteiger partial charge on any atom is -0.366 e. The molecule has 13 heavy (non-hydrogen) atoms. The molecule has 1 heterocycles. The van der Waals surface area contributed by atoms with E-state index in [4.69, 9.17) is 5.73 Å². The summed E-state index contributed by atoms with van der Waals surface area (Å²) in [5, 5.41) is 3.35. The van der Waals surface area contributed by atoms with Gasteiger partial charge in [-0.05, 0) is 17.3 Å². The molecule has 5 nitrogen and oxygen atoms in total. The maximum Gasteiger partial charge on any atom is 0.447 e. The van der Waals surface area contributed by atoms with Gasteiger partial charge in [0, 0.05) is 0 Å². The van der Waals surface area contributed by atoms with E-state index in [2.05, 4.69) is 9.68 Å². The maximum absolute atomic E-state index is 11.1. The summed E-state index contributed by atoms with van der Waals surface area (Å²) < 4.78 is 5.58. The summed E-state index contributed by atoms with van der Waals surface area (Å²) in [7, 11) is 0. The molecular formula is C8H7N3O2. The molecule has 0 fully saturated rings. The second-order valence-electron chi connectivity index (χ2n) is 2.48. The van der Waals surface area contributed by atoms with Crippen LogP contribution in [0.3, 0.4) is 0 Å². The Labute approximate surface area is 73.4 Å². The Bertz CT molecular complexity index is 458. The molecule has 0 unspecified atom stereocenters. The van der Waals surface area contributed by atoms with Crippen LogP contribution in [0, 0.1) is 0 Å². The van der Waals surface area contributed by atoms with Crippen LogP contribution in [0.25, 0.3) is 5.69 Å². The summed E-state index contributed by atoms with van der Waals surface area (Å²) in [6.07, 6.45) is 0. The van der Waals surface area contributed by atoms with Gasteiger partial charge in [0.2, 0.25) is 5.95 Å².